The Hall–Kier alpha value is -2.85. The summed E-state index contributed by atoms with van der Waals surface area (Å²) in [6.07, 6.45) is -0.836. The first kappa shape index (κ1) is 39.3. The molecule has 1 N–H and O–H groups in total. The van der Waals surface area contributed by atoms with Crippen LogP contribution in [0.4, 0.5) is 31.1 Å². The molecular formula is C30H40F6N2O6S2. The number of halogens is 6. The van der Waals surface area contributed by atoms with Gasteiger partial charge in [-0.3, -0.25) is 0 Å². The van der Waals surface area contributed by atoms with Gasteiger partial charge < -0.3 is 15.0 Å². The van der Waals surface area contributed by atoms with Gasteiger partial charge in [0.1, 0.15) is 17.2 Å². The summed E-state index contributed by atoms with van der Waals surface area (Å²) in [6.45, 7) is 5.73. The van der Waals surface area contributed by atoms with Gasteiger partial charge in [-0.2, -0.15) is 17.6 Å². The van der Waals surface area contributed by atoms with Crippen molar-refractivity contribution >= 4 is 25.8 Å². The number of alkyl halides is 4. The maximum Gasteiger partial charge on any atom is 0.410 e. The maximum atomic E-state index is 14.7. The number of benzene rings is 2. The van der Waals surface area contributed by atoms with Crippen LogP contribution in [-0.4, -0.2) is 70.1 Å². The Morgan fingerprint density at radius 1 is 0.761 bits per heavy atom. The average molecular weight is 703 g/mol. The molecule has 8 nitrogen and oxygen atoms in total. The first-order valence-corrected chi connectivity index (χ1v) is 17.1. The molecule has 4 rings (SSSR count). The number of likely N-dealkylation sites (tertiary alicyclic amines) is 1. The highest BCUT2D eigenvalue weighted by Crippen LogP contribution is 2.42. The van der Waals surface area contributed by atoms with E-state index in [1.165, 1.54) is 4.90 Å². The third-order valence-corrected chi connectivity index (χ3v) is 11.2. The largest absolute Gasteiger partial charge is 0.444 e. The average Bonchev–Trinajstić information content (AvgIpc) is 2.97. The lowest BCUT2D eigenvalue weighted by atomic mass is 9.97. The number of piperidine rings is 2. The van der Waals surface area contributed by atoms with Crippen molar-refractivity contribution in [1.82, 2.24) is 10.2 Å². The zero-order valence-electron chi connectivity index (χ0n) is 24.9. The second-order valence-corrected chi connectivity index (χ2v) is 15.9. The highest BCUT2D eigenvalue weighted by Gasteiger charge is 2.54. The van der Waals surface area contributed by atoms with Crippen LogP contribution in [-0.2, 0) is 24.4 Å². The Balaban J connectivity index is 0.000000328. The molecule has 2 aliphatic rings. The summed E-state index contributed by atoms with van der Waals surface area (Å²) in [5.41, 5.74) is -0.710. The number of rotatable bonds is 6. The van der Waals surface area contributed by atoms with Crippen LogP contribution >= 0.6 is 0 Å². The Kier molecular flexibility index (Phi) is 12.8. The second-order valence-electron chi connectivity index (χ2n) is 11.8. The van der Waals surface area contributed by atoms with Crippen LogP contribution in [0.3, 0.4) is 0 Å². The van der Waals surface area contributed by atoms with Gasteiger partial charge in [0, 0.05) is 24.9 Å². The molecule has 0 spiro atoms. The van der Waals surface area contributed by atoms with Crippen molar-refractivity contribution < 1.29 is 52.7 Å². The van der Waals surface area contributed by atoms with Crippen molar-refractivity contribution in [3.8, 4) is 0 Å². The van der Waals surface area contributed by atoms with Gasteiger partial charge >= 0.3 is 16.6 Å². The van der Waals surface area contributed by atoms with E-state index in [1.54, 1.807) is 20.8 Å². The molecule has 2 saturated heterocycles. The number of carbonyl (C=O) groups is 1. The zero-order valence-corrected chi connectivity index (χ0v) is 26.5. The monoisotopic (exact) mass is 702 g/mol. The van der Waals surface area contributed by atoms with E-state index in [0.717, 1.165) is 36.4 Å². The van der Waals surface area contributed by atoms with E-state index < -0.39 is 75.1 Å². The molecule has 0 aliphatic carbocycles. The van der Waals surface area contributed by atoms with Gasteiger partial charge in [-0.1, -0.05) is 19.6 Å². The van der Waals surface area contributed by atoms with Gasteiger partial charge in [0.25, 0.3) is 0 Å². The Bertz CT molecular complexity index is 1550. The van der Waals surface area contributed by atoms with Crippen molar-refractivity contribution in [1.29, 1.82) is 0 Å². The minimum absolute atomic E-state index is 0. The molecule has 260 valence electrons. The highest BCUT2D eigenvalue weighted by atomic mass is 32.2. The van der Waals surface area contributed by atoms with Gasteiger partial charge in [0.15, 0.2) is 0 Å². The fourth-order valence-corrected chi connectivity index (χ4v) is 7.93. The summed E-state index contributed by atoms with van der Waals surface area (Å²) in [5, 5.41) is -5.03. The number of amides is 1. The lowest BCUT2D eigenvalue weighted by molar-refractivity contribution is -0.0178. The van der Waals surface area contributed by atoms with Crippen molar-refractivity contribution in [3.63, 3.8) is 0 Å². The van der Waals surface area contributed by atoms with Crippen LogP contribution in [0.15, 0.2) is 58.3 Å². The third-order valence-electron chi connectivity index (χ3n) is 7.37. The summed E-state index contributed by atoms with van der Waals surface area (Å²) in [5.74, 6) is -4.44. The molecule has 2 aromatic carbocycles. The van der Waals surface area contributed by atoms with Crippen LogP contribution in [0.5, 0.6) is 0 Å². The van der Waals surface area contributed by atoms with Crippen LogP contribution in [0.2, 0.25) is 0 Å². The van der Waals surface area contributed by atoms with Gasteiger partial charge in [0.2, 0.25) is 19.7 Å². The van der Waals surface area contributed by atoms with Crippen LogP contribution < -0.4 is 5.32 Å². The molecule has 0 radical (unpaired) electrons. The first-order valence-electron chi connectivity index (χ1n) is 14.1. The molecule has 2 fully saturated rings. The zero-order chi connectivity index (χ0) is 33.8. The number of sulfone groups is 2. The molecule has 0 aromatic heterocycles. The molecule has 2 aromatic rings. The van der Waals surface area contributed by atoms with Gasteiger partial charge in [-0.25, -0.2) is 30.4 Å². The predicted octanol–water partition coefficient (Wildman–Crippen LogP) is 6.67. The summed E-state index contributed by atoms with van der Waals surface area (Å²) in [7, 11) is -9.90. The number of carbonyl (C=O) groups excluding carboxylic acids is 1. The highest BCUT2D eigenvalue weighted by molar-refractivity contribution is 7.92. The van der Waals surface area contributed by atoms with Crippen LogP contribution in [0.25, 0.3) is 0 Å². The van der Waals surface area contributed by atoms with Crippen LogP contribution in [0.1, 0.15) is 53.9 Å². The number of nitrogens with zero attached hydrogens (tertiary/aromatic N) is 1. The van der Waals surface area contributed by atoms with Crippen molar-refractivity contribution in [3.05, 3.63) is 60.2 Å². The van der Waals surface area contributed by atoms with E-state index in [4.69, 9.17) is 4.74 Å². The van der Waals surface area contributed by atoms with E-state index >= 15 is 0 Å². The van der Waals surface area contributed by atoms with Crippen molar-refractivity contribution in [2.75, 3.05) is 26.2 Å². The lowest BCUT2D eigenvalue weighted by Gasteiger charge is -2.36. The Morgan fingerprint density at radius 3 is 1.52 bits per heavy atom. The Morgan fingerprint density at radius 2 is 1.15 bits per heavy atom. The SMILES string of the molecule is C.CC(C)(C)OC(=O)N1CCC(C(F)(F)S(=O)(=O)c2cccc(F)c2)CC1.O=S(=O)(c1cccc(F)c1)C(F)(F)C1CCNCC1. The smallest absolute Gasteiger partial charge is 0.410 e. The number of nitrogens with one attached hydrogen (secondary N) is 1. The summed E-state index contributed by atoms with van der Waals surface area (Å²) >= 11 is 0. The fourth-order valence-electron chi connectivity index (χ4n) is 4.90. The molecule has 2 heterocycles. The Labute approximate surface area is 266 Å². The molecule has 16 heteroatoms. The standard InChI is InChI=1S/C17H22F3NO4S.C12H14F3NO2S.CH4/c1-16(2,3)25-15(22)21-9-7-12(8-10-21)17(19,20)26(23,24)14-6-4-5-13(18)11-14;13-10-2-1-3-11(8-10)19(17,18)12(14,15)9-4-6-16-7-5-9;/h4-6,11-12H,7-10H2,1-3H3;1-3,8-9,16H,4-7H2;1H4. The molecular weight excluding hydrogens is 662 g/mol. The van der Waals surface area contributed by atoms with E-state index in [2.05, 4.69) is 5.32 Å². The van der Waals surface area contributed by atoms with Gasteiger partial charge in [-0.05, 0) is 95.9 Å². The topological polar surface area (TPSA) is 110 Å². The number of hydrogen-bond donors (Lipinski definition) is 1. The molecule has 0 unspecified atom stereocenters. The lowest BCUT2D eigenvalue weighted by Crippen LogP contribution is -2.47. The van der Waals surface area contributed by atoms with Gasteiger partial charge in [-0.15, -0.1) is 0 Å². The van der Waals surface area contributed by atoms with Crippen molar-refractivity contribution in [2.45, 2.75) is 79.8 Å². The molecule has 0 atom stereocenters. The fraction of sp³-hybridized carbons (Fsp3) is 0.567. The maximum absolute atomic E-state index is 14.7. The quantitative estimate of drug-likeness (QED) is 0.335. The predicted molar refractivity (Wildman–Crippen MR) is 160 cm³/mol. The molecule has 0 bridgehead atoms. The number of ether oxygens (including phenoxy) is 1. The summed E-state index contributed by atoms with van der Waals surface area (Å²) < 4.78 is 138. The van der Waals surface area contributed by atoms with E-state index in [1.807, 2.05) is 0 Å². The van der Waals surface area contributed by atoms with Crippen LogP contribution in [0, 0.1) is 23.5 Å². The summed E-state index contributed by atoms with van der Waals surface area (Å²) in [4.78, 5) is 11.8. The normalized spacial score (nSPS) is 17.4. The molecule has 2 aliphatic heterocycles. The third kappa shape index (κ3) is 8.94. The summed E-state index contributed by atoms with van der Waals surface area (Å²) in [6, 6.07) is 7.33. The molecule has 0 saturated carbocycles. The van der Waals surface area contributed by atoms with E-state index in [0.29, 0.717) is 25.2 Å². The van der Waals surface area contributed by atoms with E-state index in [9.17, 15) is 48.0 Å². The minimum Gasteiger partial charge on any atom is -0.444 e. The second kappa shape index (κ2) is 14.9. The molecule has 46 heavy (non-hydrogen) atoms. The first-order chi connectivity index (χ1) is 20.7. The van der Waals surface area contributed by atoms with E-state index in [-0.39, 0.29) is 46.2 Å². The molecule has 1 amide bonds. The van der Waals surface area contributed by atoms with Gasteiger partial charge in [0.05, 0.1) is 9.79 Å². The minimum atomic E-state index is -5.04. The number of hydrogen-bond acceptors (Lipinski definition) is 7. The van der Waals surface area contributed by atoms with Crippen molar-refractivity contribution in [2.24, 2.45) is 11.8 Å².